The van der Waals surface area contributed by atoms with Crippen molar-refractivity contribution < 1.29 is 9.72 Å². The van der Waals surface area contributed by atoms with Crippen LogP contribution in [0, 0.1) is 10.1 Å². The van der Waals surface area contributed by atoms with Crippen LogP contribution in [0.5, 0.6) is 0 Å². The lowest BCUT2D eigenvalue weighted by atomic mass is 10.1. The third-order valence-corrected chi connectivity index (χ3v) is 3.67. The molecule has 0 saturated carbocycles. The van der Waals surface area contributed by atoms with Crippen LogP contribution >= 0.6 is 0 Å². The van der Waals surface area contributed by atoms with Gasteiger partial charge in [0.2, 0.25) is 0 Å². The number of rotatable bonds is 2. The molecular weight excluding hydrogens is 248 g/mol. The van der Waals surface area contributed by atoms with Gasteiger partial charge in [0.25, 0.3) is 5.91 Å². The van der Waals surface area contributed by atoms with Gasteiger partial charge in [0.15, 0.2) is 0 Å². The topological polar surface area (TPSA) is 78.7 Å². The molecule has 2 saturated heterocycles. The fourth-order valence-electron chi connectivity index (χ4n) is 2.71. The van der Waals surface area contributed by atoms with Crippen LogP contribution < -0.4 is 5.32 Å². The van der Waals surface area contributed by atoms with E-state index in [1.54, 1.807) is 24.3 Å². The smallest absolute Gasteiger partial charge is 0.296 e. The van der Waals surface area contributed by atoms with Crippen LogP contribution in [0.4, 0.5) is 0 Å². The number of amides is 1. The molecule has 2 aliphatic heterocycles. The van der Waals surface area contributed by atoms with E-state index in [2.05, 4.69) is 5.32 Å². The maximum Gasteiger partial charge on any atom is 0.324 e. The highest BCUT2D eigenvalue weighted by Crippen LogP contribution is 2.29. The van der Waals surface area contributed by atoms with E-state index >= 15 is 0 Å². The lowest BCUT2D eigenvalue weighted by Crippen LogP contribution is -2.62. The summed E-state index contributed by atoms with van der Waals surface area (Å²) < 4.78 is 0. The standard InChI is InChI=1S/C12H14N4O3/c17-11(10-4-2-1-3-5-10)15-9-14-7-12(15,16(18)19)6-13-8-14/h1-5,13H,6-9H2/t12-/m0/s1. The molecule has 3 rings (SSSR count). The van der Waals surface area contributed by atoms with Gasteiger partial charge < -0.3 is 0 Å². The first-order chi connectivity index (χ1) is 9.13. The molecule has 0 spiro atoms. The van der Waals surface area contributed by atoms with Gasteiger partial charge in [-0.1, -0.05) is 18.2 Å². The summed E-state index contributed by atoms with van der Waals surface area (Å²) in [5, 5.41) is 14.4. The molecule has 1 amide bonds. The molecule has 0 aromatic heterocycles. The summed E-state index contributed by atoms with van der Waals surface area (Å²) in [6, 6.07) is 8.69. The monoisotopic (exact) mass is 262 g/mol. The average molecular weight is 262 g/mol. The fraction of sp³-hybridized carbons (Fsp3) is 0.417. The van der Waals surface area contributed by atoms with Gasteiger partial charge in [-0.3, -0.25) is 30.0 Å². The number of carbonyl (C=O) groups is 1. The maximum absolute atomic E-state index is 12.5. The number of nitrogens with one attached hydrogen (secondary N) is 1. The molecule has 2 fully saturated rings. The van der Waals surface area contributed by atoms with Crippen LogP contribution in [0.2, 0.25) is 0 Å². The third-order valence-electron chi connectivity index (χ3n) is 3.67. The molecule has 1 unspecified atom stereocenters. The predicted octanol–water partition coefficient (Wildman–Crippen LogP) is -0.0644. The number of hydrogen-bond acceptors (Lipinski definition) is 5. The summed E-state index contributed by atoms with van der Waals surface area (Å²) in [5.74, 6) is -0.288. The van der Waals surface area contributed by atoms with Crippen molar-refractivity contribution in [2.75, 3.05) is 26.4 Å². The minimum absolute atomic E-state index is 0.190. The molecule has 2 bridgehead atoms. The number of hydrogen-bond donors (Lipinski definition) is 1. The lowest BCUT2D eigenvalue weighted by Gasteiger charge is -2.30. The molecule has 0 aliphatic carbocycles. The molecule has 7 nitrogen and oxygen atoms in total. The van der Waals surface area contributed by atoms with E-state index < -0.39 is 5.66 Å². The van der Waals surface area contributed by atoms with Crippen molar-refractivity contribution in [2.24, 2.45) is 0 Å². The Morgan fingerprint density at radius 3 is 2.79 bits per heavy atom. The second-order valence-electron chi connectivity index (χ2n) is 4.89. The number of nitro groups is 1. The second kappa shape index (κ2) is 4.29. The molecule has 100 valence electrons. The SMILES string of the molecule is O=C(c1ccccc1)N1CN2CNC[C@]1([N+](=O)[O-])C2. The van der Waals surface area contributed by atoms with Crippen molar-refractivity contribution >= 4 is 5.91 Å². The molecule has 7 heteroatoms. The van der Waals surface area contributed by atoms with Gasteiger partial charge in [0, 0.05) is 5.56 Å². The quantitative estimate of drug-likeness (QED) is 0.596. The van der Waals surface area contributed by atoms with Crippen LogP contribution in [0.3, 0.4) is 0 Å². The van der Waals surface area contributed by atoms with Gasteiger partial charge in [-0.15, -0.1) is 0 Å². The largest absolute Gasteiger partial charge is 0.324 e. The number of benzene rings is 1. The van der Waals surface area contributed by atoms with Crippen LogP contribution in [0.25, 0.3) is 0 Å². The van der Waals surface area contributed by atoms with Gasteiger partial charge >= 0.3 is 5.66 Å². The van der Waals surface area contributed by atoms with Crippen LogP contribution in [-0.2, 0) is 0 Å². The number of nitrogens with zero attached hydrogens (tertiary/aromatic N) is 3. The van der Waals surface area contributed by atoms with Gasteiger partial charge in [-0.25, -0.2) is 0 Å². The summed E-state index contributed by atoms with van der Waals surface area (Å²) >= 11 is 0. The summed E-state index contributed by atoms with van der Waals surface area (Å²) in [5.41, 5.74) is -0.858. The summed E-state index contributed by atoms with van der Waals surface area (Å²) in [6.45, 7) is 1.34. The minimum atomic E-state index is -1.34. The predicted molar refractivity (Wildman–Crippen MR) is 66.8 cm³/mol. The van der Waals surface area contributed by atoms with Crippen molar-refractivity contribution in [3.63, 3.8) is 0 Å². The van der Waals surface area contributed by atoms with E-state index in [-0.39, 0.29) is 23.9 Å². The van der Waals surface area contributed by atoms with Gasteiger partial charge in [0.05, 0.1) is 31.4 Å². The van der Waals surface area contributed by atoms with E-state index in [0.717, 1.165) is 0 Å². The lowest BCUT2D eigenvalue weighted by molar-refractivity contribution is -0.587. The second-order valence-corrected chi connectivity index (χ2v) is 4.89. The van der Waals surface area contributed by atoms with E-state index in [9.17, 15) is 14.9 Å². The van der Waals surface area contributed by atoms with Crippen molar-refractivity contribution in [3.05, 3.63) is 46.0 Å². The first kappa shape index (κ1) is 12.1. The Labute approximate surface area is 109 Å². The highest BCUT2D eigenvalue weighted by Gasteiger charge is 2.59. The highest BCUT2D eigenvalue weighted by molar-refractivity contribution is 5.94. The molecule has 0 radical (unpaired) electrons. The van der Waals surface area contributed by atoms with Gasteiger partial charge in [-0.2, -0.15) is 0 Å². The fourth-order valence-corrected chi connectivity index (χ4v) is 2.71. The average Bonchev–Trinajstić information content (AvgIpc) is 2.71. The number of carbonyl (C=O) groups excluding carboxylic acids is 1. The zero-order valence-corrected chi connectivity index (χ0v) is 10.3. The Bertz CT molecular complexity index is 521. The molecule has 1 N–H and O–H groups in total. The number of fused-ring (bicyclic) bond motifs is 2. The summed E-state index contributed by atoms with van der Waals surface area (Å²) in [7, 11) is 0. The minimum Gasteiger partial charge on any atom is -0.296 e. The molecule has 2 aliphatic rings. The molecule has 19 heavy (non-hydrogen) atoms. The Hall–Kier alpha value is -1.99. The van der Waals surface area contributed by atoms with Crippen LogP contribution in [0.1, 0.15) is 10.4 Å². The van der Waals surface area contributed by atoms with Crippen molar-refractivity contribution in [2.45, 2.75) is 5.66 Å². The van der Waals surface area contributed by atoms with Crippen molar-refractivity contribution in [1.82, 2.24) is 15.1 Å². The van der Waals surface area contributed by atoms with Gasteiger partial charge in [-0.05, 0) is 12.1 Å². The van der Waals surface area contributed by atoms with Gasteiger partial charge in [0.1, 0.15) is 0 Å². The first-order valence-corrected chi connectivity index (χ1v) is 6.08. The first-order valence-electron chi connectivity index (χ1n) is 6.08. The third kappa shape index (κ3) is 1.78. The Kier molecular flexibility index (Phi) is 2.72. The molecule has 1 aromatic rings. The van der Waals surface area contributed by atoms with Crippen LogP contribution in [-0.4, -0.2) is 52.7 Å². The zero-order chi connectivity index (χ0) is 13.5. The Morgan fingerprint density at radius 1 is 1.37 bits per heavy atom. The van der Waals surface area contributed by atoms with Crippen molar-refractivity contribution in [1.29, 1.82) is 0 Å². The molecule has 2 atom stereocenters. The normalized spacial score (nSPS) is 29.3. The Balaban J connectivity index is 1.95. The van der Waals surface area contributed by atoms with E-state index in [1.807, 2.05) is 11.0 Å². The van der Waals surface area contributed by atoms with E-state index in [1.165, 1.54) is 4.90 Å². The summed E-state index contributed by atoms with van der Waals surface area (Å²) in [6.07, 6.45) is 0. The highest BCUT2D eigenvalue weighted by atomic mass is 16.6. The van der Waals surface area contributed by atoms with E-state index in [0.29, 0.717) is 18.9 Å². The van der Waals surface area contributed by atoms with E-state index in [4.69, 9.17) is 0 Å². The molecule has 2 heterocycles. The van der Waals surface area contributed by atoms with Crippen molar-refractivity contribution in [3.8, 4) is 0 Å². The molecular formula is C12H14N4O3. The van der Waals surface area contributed by atoms with Crippen LogP contribution in [0.15, 0.2) is 30.3 Å². The maximum atomic E-state index is 12.5. The Morgan fingerprint density at radius 2 is 2.11 bits per heavy atom. The zero-order valence-electron chi connectivity index (χ0n) is 10.3. The molecule has 1 aromatic carbocycles. The summed E-state index contributed by atoms with van der Waals surface area (Å²) in [4.78, 5) is 26.8.